The molecule has 3 N–H and O–H groups in total. The third kappa shape index (κ3) is 3.60. The summed E-state index contributed by atoms with van der Waals surface area (Å²) < 4.78 is 13.7. The second-order valence-electron chi connectivity index (χ2n) is 4.81. The molecule has 0 aliphatic carbocycles. The number of nitrogens with one attached hydrogen (secondary N) is 1. The van der Waals surface area contributed by atoms with Crippen LogP contribution in [0, 0.1) is 11.7 Å². The van der Waals surface area contributed by atoms with E-state index in [9.17, 15) is 9.18 Å². The quantitative estimate of drug-likeness (QED) is 0.903. The Hall–Kier alpha value is -1.91. The Balaban J connectivity index is 2.13. The van der Waals surface area contributed by atoms with E-state index in [4.69, 9.17) is 17.3 Å². The van der Waals surface area contributed by atoms with E-state index >= 15 is 0 Å². The van der Waals surface area contributed by atoms with Crippen molar-refractivity contribution in [3.8, 4) is 0 Å². The second-order valence-corrected chi connectivity index (χ2v) is 5.22. The van der Waals surface area contributed by atoms with Crippen molar-refractivity contribution in [1.82, 2.24) is 0 Å². The number of carbonyl (C=O) groups is 1. The van der Waals surface area contributed by atoms with Crippen molar-refractivity contribution < 1.29 is 9.18 Å². The Bertz CT molecular complexity index is 613. The highest BCUT2D eigenvalue weighted by Gasteiger charge is 2.23. The van der Waals surface area contributed by atoms with Gasteiger partial charge in [0.1, 0.15) is 5.82 Å². The van der Waals surface area contributed by atoms with Crippen LogP contribution in [0.15, 0.2) is 48.5 Å². The van der Waals surface area contributed by atoms with E-state index in [1.54, 1.807) is 6.92 Å². The molecule has 2 unspecified atom stereocenters. The highest BCUT2D eigenvalue weighted by atomic mass is 35.5. The van der Waals surface area contributed by atoms with Crippen LogP contribution in [0.2, 0.25) is 5.02 Å². The number of amides is 1. The van der Waals surface area contributed by atoms with Crippen molar-refractivity contribution in [1.29, 1.82) is 0 Å². The number of hydrogen-bond donors (Lipinski definition) is 2. The van der Waals surface area contributed by atoms with Gasteiger partial charge in [-0.1, -0.05) is 54.9 Å². The smallest absolute Gasteiger partial charge is 0.229 e. The predicted molar refractivity (Wildman–Crippen MR) is 82.6 cm³/mol. The summed E-state index contributed by atoms with van der Waals surface area (Å²) in [5.74, 6) is -1.47. The summed E-state index contributed by atoms with van der Waals surface area (Å²) in [5.41, 5.74) is 6.91. The topological polar surface area (TPSA) is 55.1 Å². The minimum atomic E-state index is -0.573. The van der Waals surface area contributed by atoms with Crippen LogP contribution in [0.4, 0.5) is 10.1 Å². The molecule has 2 atom stereocenters. The molecule has 0 heterocycles. The molecular weight excluding hydrogens is 291 g/mol. The lowest BCUT2D eigenvalue weighted by molar-refractivity contribution is -0.120. The lowest BCUT2D eigenvalue weighted by Gasteiger charge is -2.20. The number of para-hydroxylation sites is 1. The van der Waals surface area contributed by atoms with Gasteiger partial charge in [-0.3, -0.25) is 4.79 Å². The normalized spacial score (nSPS) is 13.5. The number of hydrogen-bond acceptors (Lipinski definition) is 2. The molecule has 0 spiro atoms. The molecule has 0 aliphatic rings. The highest BCUT2D eigenvalue weighted by molar-refractivity contribution is 6.33. The Kier molecular flexibility index (Phi) is 4.94. The molecule has 2 aromatic carbocycles. The van der Waals surface area contributed by atoms with Crippen molar-refractivity contribution in [2.24, 2.45) is 11.7 Å². The van der Waals surface area contributed by atoms with Gasteiger partial charge in [0.15, 0.2) is 0 Å². The van der Waals surface area contributed by atoms with Gasteiger partial charge in [-0.05, 0) is 17.7 Å². The number of rotatable bonds is 4. The van der Waals surface area contributed by atoms with Gasteiger partial charge < -0.3 is 11.1 Å². The second kappa shape index (κ2) is 6.70. The van der Waals surface area contributed by atoms with Gasteiger partial charge >= 0.3 is 0 Å². The first-order valence-corrected chi connectivity index (χ1v) is 6.94. The third-order valence-electron chi connectivity index (χ3n) is 3.35. The average Bonchev–Trinajstić information content (AvgIpc) is 2.50. The van der Waals surface area contributed by atoms with Crippen LogP contribution in [0.25, 0.3) is 0 Å². The fourth-order valence-corrected chi connectivity index (χ4v) is 2.19. The number of benzene rings is 2. The van der Waals surface area contributed by atoms with Crippen molar-refractivity contribution in [3.05, 3.63) is 64.9 Å². The molecule has 0 aliphatic heterocycles. The van der Waals surface area contributed by atoms with Crippen LogP contribution in [0.1, 0.15) is 18.5 Å². The molecule has 0 saturated carbocycles. The molecule has 2 rings (SSSR count). The number of anilines is 1. The standard InChI is InChI=1S/C16H16ClFN2O/c1-10(14(19)11-6-3-2-4-7-11)16(21)20-15-12(17)8-5-9-13(15)18/h2-10,14H,19H2,1H3,(H,20,21). The lowest BCUT2D eigenvalue weighted by Crippen LogP contribution is -2.30. The van der Waals surface area contributed by atoms with Crippen LogP contribution < -0.4 is 11.1 Å². The van der Waals surface area contributed by atoms with Crippen molar-refractivity contribution >= 4 is 23.2 Å². The van der Waals surface area contributed by atoms with Crippen LogP contribution in [0.5, 0.6) is 0 Å². The van der Waals surface area contributed by atoms with Crippen molar-refractivity contribution in [2.45, 2.75) is 13.0 Å². The highest BCUT2D eigenvalue weighted by Crippen LogP contribution is 2.27. The van der Waals surface area contributed by atoms with Crippen molar-refractivity contribution in [3.63, 3.8) is 0 Å². The molecule has 0 radical (unpaired) electrons. The van der Waals surface area contributed by atoms with Crippen LogP contribution >= 0.6 is 11.6 Å². The lowest BCUT2D eigenvalue weighted by atomic mass is 9.94. The maximum atomic E-state index is 13.7. The summed E-state index contributed by atoms with van der Waals surface area (Å²) in [6.45, 7) is 1.70. The molecule has 0 aromatic heterocycles. The first kappa shape index (κ1) is 15.5. The van der Waals surface area contributed by atoms with Crippen LogP contribution in [-0.4, -0.2) is 5.91 Å². The third-order valence-corrected chi connectivity index (χ3v) is 3.66. The van der Waals surface area contributed by atoms with E-state index in [-0.39, 0.29) is 16.6 Å². The van der Waals surface area contributed by atoms with E-state index < -0.39 is 17.8 Å². The summed E-state index contributed by atoms with van der Waals surface area (Å²) in [6.07, 6.45) is 0. The minimum Gasteiger partial charge on any atom is -0.323 e. The summed E-state index contributed by atoms with van der Waals surface area (Å²) in [5, 5.41) is 2.66. The molecule has 5 heteroatoms. The summed E-state index contributed by atoms with van der Waals surface area (Å²) in [4.78, 5) is 12.2. The number of nitrogens with two attached hydrogens (primary N) is 1. The predicted octanol–water partition coefficient (Wildman–Crippen LogP) is 3.75. The fraction of sp³-hybridized carbons (Fsp3) is 0.188. The van der Waals surface area contributed by atoms with E-state index in [0.717, 1.165) is 5.56 Å². The molecule has 0 fully saturated rings. The summed E-state index contributed by atoms with van der Waals surface area (Å²) >= 11 is 5.89. The molecule has 2 aromatic rings. The zero-order chi connectivity index (χ0) is 15.4. The van der Waals surface area contributed by atoms with Gasteiger partial charge in [0.05, 0.1) is 16.6 Å². The van der Waals surface area contributed by atoms with Gasteiger partial charge in [0.2, 0.25) is 5.91 Å². The first-order chi connectivity index (χ1) is 10.0. The molecule has 21 heavy (non-hydrogen) atoms. The molecule has 110 valence electrons. The molecule has 3 nitrogen and oxygen atoms in total. The van der Waals surface area contributed by atoms with Gasteiger partial charge in [-0.25, -0.2) is 4.39 Å². The Morgan fingerprint density at radius 3 is 2.48 bits per heavy atom. The Labute approximate surface area is 127 Å². The summed E-state index contributed by atoms with van der Waals surface area (Å²) in [7, 11) is 0. The average molecular weight is 307 g/mol. The first-order valence-electron chi connectivity index (χ1n) is 6.56. The molecule has 0 bridgehead atoms. The Morgan fingerprint density at radius 2 is 1.86 bits per heavy atom. The Morgan fingerprint density at radius 1 is 1.19 bits per heavy atom. The van der Waals surface area contributed by atoms with Gasteiger partial charge in [0.25, 0.3) is 0 Å². The van der Waals surface area contributed by atoms with E-state index in [1.807, 2.05) is 30.3 Å². The van der Waals surface area contributed by atoms with Crippen LogP contribution in [-0.2, 0) is 4.79 Å². The monoisotopic (exact) mass is 306 g/mol. The number of halogens is 2. The van der Waals surface area contributed by atoms with Gasteiger partial charge in [-0.15, -0.1) is 0 Å². The maximum absolute atomic E-state index is 13.7. The van der Waals surface area contributed by atoms with E-state index in [0.29, 0.717) is 0 Å². The van der Waals surface area contributed by atoms with E-state index in [1.165, 1.54) is 18.2 Å². The largest absolute Gasteiger partial charge is 0.323 e. The fourth-order valence-electron chi connectivity index (χ4n) is 1.98. The molecule has 1 amide bonds. The zero-order valence-electron chi connectivity index (χ0n) is 11.5. The summed E-state index contributed by atoms with van der Waals surface area (Å²) in [6, 6.07) is 13.0. The van der Waals surface area contributed by atoms with E-state index in [2.05, 4.69) is 5.32 Å². The van der Waals surface area contributed by atoms with Gasteiger partial charge in [0, 0.05) is 6.04 Å². The van der Waals surface area contributed by atoms with Crippen LogP contribution in [0.3, 0.4) is 0 Å². The van der Waals surface area contributed by atoms with Crippen molar-refractivity contribution in [2.75, 3.05) is 5.32 Å². The van der Waals surface area contributed by atoms with Gasteiger partial charge in [-0.2, -0.15) is 0 Å². The zero-order valence-corrected chi connectivity index (χ0v) is 12.3. The minimum absolute atomic E-state index is 0.0173. The SMILES string of the molecule is CC(C(=O)Nc1c(F)cccc1Cl)C(N)c1ccccc1. The maximum Gasteiger partial charge on any atom is 0.229 e. The molecule has 0 saturated heterocycles. The number of carbonyl (C=O) groups excluding carboxylic acids is 1. The molecular formula is C16H16ClFN2O.